The number of hydrogen-bond donors (Lipinski definition) is 1. The summed E-state index contributed by atoms with van der Waals surface area (Å²) in [7, 11) is 0. The van der Waals surface area contributed by atoms with Gasteiger partial charge in [-0.05, 0) is 18.4 Å². The predicted molar refractivity (Wildman–Crippen MR) is 37.8 cm³/mol. The molecular weight excluding hydrogens is 117 g/mol. The molecule has 54 valence electrons. The molecule has 0 aromatic heterocycles. The molecule has 0 aliphatic rings. The van der Waals surface area contributed by atoms with Crippen LogP contribution in [0.1, 0.15) is 26.2 Å². The van der Waals surface area contributed by atoms with Crippen LogP contribution in [0.25, 0.3) is 0 Å². The van der Waals surface area contributed by atoms with Gasteiger partial charge in [-0.15, -0.1) is 0 Å². The van der Waals surface area contributed by atoms with Crippen molar-refractivity contribution in [2.75, 3.05) is 6.54 Å². The average Bonchev–Trinajstić information content (AvgIpc) is 1.91. The van der Waals surface area contributed by atoms with E-state index in [2.05, 4.69) is 6.92 Å². The Kier molecular flexibility index (Phi) is 5.52. The third-order valence-corrected chi connectivity index (χ3v) is 1.27. The number of nitrogens with two attached hydrogens (primary N) is 1. The van der Waals surface area contributed by atoms with Crippen LogP contribution in [-0.4, -0.2) is 6.54 Å². The van der Waals surface area contributed by atoms with E-state index in [9.17, 15) is 4.39 Å². The zero-order chi connectivity index (χ0) is 7.11. The highest BCUT2D eigenvalue weighted by Gasteiger charge is 1.91. The van der Waals surface area contributed by atoms with Crippen LogP contribution in [0.2, 0.25) is 0 Å². The minimum atomic E-state index is 0.358. The highest BCUT2D eigenvalue weighted by Crippen LogP contribution is 2.04. The van der Waals surface area contributed by atoms with E-state index in [1.165, 1.54) is 0 Å². The highest BCUT2D eigenvalue weighted by molar-refractivity contribution is 4.98. The van der Waals surface area contributed by atoms with Gasteiger partial charge < -0.3 is 5.73 Å². The first-order chi connectivity index (χ1) is 4.35. The van der Waals surface area contributed by atoms with Gasteiger partial charge in [-0.1, -0.05) is 13.3 Å². The largest absolute Gasteiger partial charge is 0.327 e. The Balaban J connectivity index is 3.33. The second-order valence-corrected chi connectivity index (χ2v) is 2.08. The van der Waals surface area contributed by atoms with Crippen LogP contribution in [0.4, 0.5) is 4.39 Å². The number of unbranched alkanes of at least 4 members (excludes halogenated alkanes) is 1. The number of halogens is 1. The van der Waals surface area contributed by atoms with Gasteiger partial charge in [0.25, 0.3) is 0 Å². The molecule has 0 spiro atoms. The molecule has 0 aliphatic heterocycles. The van der Waals surface area contributed by atoms with Crippen LogP contribution in [0, 0.1) is 0 Å². The van der Waals surface area contributed by atoms with Crippen molar-refractivity contribution in [3.8, 4) is 0 Å². The van der Waals surface area contributed by atoms with E-state index in [0.717, 1.165) is 24.8 Å². The van der Waals surface area contributed by atoms with E-state index in [4.69, 9.17) is 5.73 Å². The molecule has 0 aliphatic carbocycles. The molecule has 0 radical (unpaired) electrons. The minimum Gasteiger partial charge on any atom is -0.327 e. The van der Waals surface area contributed by atoms with Crippen molar-refractivity contribution in [3.05, 3.63) is 11.9 Å². The maximum Gasteiger partial charge on any atom is 0.0871 e. The Morgan fingerprint density at radius 2 is 2.33 bits per heavy atom. The normalized spacial score (nSPS) is 12.1. The van der Waals surface area contributed by atoms with Crippen molar-refractivity contribution in [3.63, 3.8) is 0 Å². The highest BCUT2D eigenvalue weighted by atomic mass is 19.1. The van der Waals surface area contributed by atoms with Crippen molar-refractivity contribution in [2.45, 2.75) is 26.2 Å². The van der Waals surface area contributed by atoms with Gasteiger partial charge in [0.2, 0.25) is 0 Å². The lowest BCUT2D eigenvalue weighted by Crippen LogP contribution is -2.02. The van der Waals surface area contributed by atoms with Crippen LogP contribution in [0.3, 0.4) is 0 Å². The number of rotatable bonds is 4. The van der Waals surface area contributed by atoms with Crippen LogP contribution in [0.5, 0.6) is 0 Å². The van der Waals surface area contributed by atoms with Gasteiger partial charge in [0.15, 0.2) is 0 Å². The second kappa shape index (κ2) is 5.76. The van der Waals surface area contributed by atoms with E-state index in [1.807, 2.05) is 0 Å². The first-order valence-electron chi connectivity index (χ1n) is 3.33. The molecule has 2 N–H and O–H groups in total. The van der Waals surface area contributed by atoms with Gasteiger partial charge in [-0.3, -0.25) is 0 Å². The number of hydrogen-bond acceptors (Lipinski definition) is 1. The molecular formula is C7H14FN. The molecule has 0 heterocycles. The van der Waals surface area contributed by atoms with Gasteiger partial charge in [0.05, 0.1) is 6.33 Å². The van der Waals surface area contributed by atoms with Crippen molar-refractivity contribution < 1.29 is 4.39 Å². The summed E-state index contributed by atoms with van der Waals surface area (Å²) in [5, 5.41) is 0. The molecule has 0 saturated carbocycles. The molecule has 0 unspecified atom stereocenters. The molecule has 1 nitrogen and oxygen atoms in total. The molecule has 0 saturated heterocycles. The van der Waals surface area contributed by atoms with Crippen LogP contribution >= 0.6 is 0 Å². The Morgan fingerprint density at radius 3 is 2.67 bits per heavy atom. The van der Waals surface area contributed by atoms with Crippen molar-refractivity contribution in [1.29, 1.82) is 0 Å². The lowest BCUT2D eigenvalue weighted by atomic mass is 10.1. The smallest absolute Gasteiger partial charge is 0.0871 e. The van der Waals surface area contributed by atoms with Crippen molar-refractivity contribution >= 4 is 0 Å². The summed E-state index contributed by atoms with van der Waals surface area (Å²) in [5.74, 6) is 0. The third-order valence-electron chi connectivity index (χ3n) is 1.27. The molecule has 0 fully saturated rings. The lowest BCUT2D eigenvalue weighted by Gasteiger charge is -1.97. The van der Waals surface area contributed by atoms with Crippen LogP contribution in [0.15, 0.2) is 11.9 Å². The zero-order valence-corrected chi connectivity index (χ0v) is 5.86. The Labute approximate surface area is 55.7 Å². The monoisotopic (exact) mass is 131 g/mol. The van der Waals surface area contributed by atoms with Gasteiger partial charge in [-0.2, -0.15) is 0 Å². The van der Waals surface area contributed by atoms with Crippen molar-refractivity contribution in [1.82, 2.24) is 0 Å². The molecule has 2 heteroatoms. The Hall–Kier alpha value is -0.370. The summed E-state index contributed by atoms with van der Waals surface area (Å²) in [6, 6.07) is 0. The predicted octanol–water partition coefficient (Wildman–Crippen LogP) is 1.99. The van der Waals surface area contributed by atoms with Crippen LogP contribution < -0.4 is 5.73 Å². The maximum absolute atomic E-state index is 11.7. The Morgan fingerprint density at radius 1 is 1.67 bits per heavy atom. The second-order valence-electron chi connectivity index (χ2n) is 2.08. The fourth-order valence-electron chi connectivity index (χ4n) is 0.605. The standard InChI is InChI=1S/C7H14FN/c1-2-3-4-7(5-8)6-9/h5H,2-4,6,9H2,1H3. The lowest BCUT2D eigenvalue weighted by molar-refractivity contribution is 0.679. The van der Waals surface area contributed by atoms with Gasteiger partial charge in [0, 0.05) is 6.54 Å². The zero-order valence-electron chi connectivity index (χ0n) is 5.86. The first kappa shape index (κ1) is 8.63. The summed E-state index contributed by atoms with van der Waals surface area (Å²) in [5.41, 5.74) is 5.94. The maximum atomic E-state index is 11.7. The molecule has 0 rings (SSSR count). The quantitative estimate of drug-likeness (QED) is 0.620. The topological polar surface area (TPSA) is 26.0 Å². The minimum absolute atomic E-state index is 0.358. The third kappa shape index (κ3) is 4.15. The van der Waals surface area contributed by atoms with E-state index >= 15 is 0 Å². The van der Waals surface area contributed by atoms with E-state index in [0.29, 0.717) is 12.9 Å². The summed E-state index contributed by atoms with van der Waals surface area (Å²) in [4.78, 5) is 0. The fourth-order valence-corrected chi connectivity index (χ4v) is 0.605. The fraction of sp³-hybridized carbons (Fsp3) is 0.714. The average molecular weight is 131 g/mol. The summed E-state index contributed by atoms with van der Waals surface area (Å²) in [6.45, 7) is 2.43. The molecule has 0 amide bonds. The van der Waals surface area contributed by atoms with Gasteiger partial charge in [0.1, 0.15) is 0 Å². The molecule has 0 aromatic rings. The molecule has 0 aromatic carbocycles. The molecule has 0 atom stereocenters. The van der Waals surface area contributed by atoms with E-state index in [1.54, 1.807) is 0 Å². The first-order valence-corrected chi connectivity index (χ1v) is 3.33. The summed E-state index contributed by atoms with van der Waals surface area (Å²) in [6.07, 6.45) is 3.56. The van der Waals surface area contributed by atoms with Crippen molar-refractivity contribution in [2.24, 2.45) is 5.73 Å². The SMILES string of the molecule is CCCCC(=CF)CN. The van der Waals surface area contributed by atoms with Crippen LogP contribution in [-0.2, 0) is 0 Å². The Bertz CT molecular complexity index is 88.9. The summed E-state index contributed by atoms with van der Waals surface area (Å²) < 4.78 is 11.7. The van der Waals surface area contributed by atoms with E-state index < -0.39 is 0 Å². The summed E-state index contributed by atoms with van der Waals surface area (Å²) >= 11 is 0. The van der Waals surface area contributed by atoms with Gasteiger partial charge in [-0.25, -0.2) is 4.39 Å². The molecule has 9 heavy (non-hydrogen) atoms. The molecule has 0 bridgehead atoms. The van der Waals surface area contributed by atoms with E-state index in [-0.39, 0.29) is 0 Å². The van der Waals surface area contributed by atoms with Gasteiger partial charge >= 0.3 is 0 Å².